The van der Waals surface area contributed by atoms with Crippen LogP contribution >= 0.6 is 46.1 Å². The van der Waals surface area contributed by atoms with E-state index in [1.165, 1.54) is 11.3 Å². The number of thiophene rings is 1. The van der Waals surface area contributed by atoms with Crippen LogP contribution in [0.4, 0.5) is 0 Å². The van der Waals surface area contributed by atoms with Gasteiger partial charge in [0.2, 0.25) is 5.28 Å². The smallest absolute Gasteiger partial charge is 0.217 e. The first-order valence-electron chi connectivity index (χ1n) is 3.61. The summed E-state index contributed by atoms with van der Waals surface area (Å²) in [5.41, 5.74) is 0.687. The predicted octanol–water partition coefficient (Wildman–Crippen LogP) is 4.17. The summed E-state index contributed by atoms with van der Waals surface area (Å²) in [5, 5.41) is 0.460. The summed E-state index contributed by atoms with van der Waals surface area (Å²) in [5.74, 6) is 0. The lowest BCUT2D eigenvalue weighted by atomic mass is 10.3. The van der Waals surface area contributed by atoms with Crippen molar-refractivity contribution in [3.05, 3.63) is 33.0 Å². The summed E-state index contributed by atoms with van der Waals surface area (Å²) in [7, 11) is 0. The maximum atomic E-state index is 5.80. The van der Waals surface area contributed by atoms with Gasteiger partial charge >= 0.3 is 0 Å². The van der Waals surface area contributed by atoms with Gasteiger partial charge in [-0.15, -0.1) is 11.3 Å². The molecule has 0 saturated carbocycles. The number of hydrogen-bond acceptors (Lipinski definition) is 3. The van der Waals surface area contributed by atoms with Gasteiger partial charge in [-0.05, 0) is 23.7 Å². The third-order valence-electron chi connectivity index (χ3n) is 1.49. The van der Waals surface area contributed by atoms with Crippen LogP contribution in [0, 0.1) is 0 Å². The molecule has 0 aliphatic rings. The Kier molecular flexibility index (Phi) is 2.93. The SMILES string of the molecule is Clc1cc(-c2ccc(Cl)s2)nc(Cl)n1. The van der Waals surface area contributed by atoms with E-state index in [1.54, 1.807) is 12.1 Å². The highest BCUT2D eigenvalue weighted by Crippen LogP contribution is 2.31. The first-order chi connectivity index (χ1) is 6.65. The van der Waals surface area contributed by atoms with Crippen molar-refractivity contribution in [3.63, 3.8) is 0 Å². The Morgan fingerprint density at radius 1 is 1.07 bits per heavy atom. The maximum absolute atomic E-state index is 5.80. The average molecular weight is 266 g/mol. The molecule has 0 amide bonds. The minimum atomic E-state index is 0.136. The van der Waals surface area contributed by atoms with Crippen molar-refractivity contribution < 1.29 is 0 Å². The molecule has 14 heavy (non-hydrogen) atoms. The normalized spacial score (nSPS) is 10.5. The summed E-state index contributed by atoms with van der Waals surface area (Å²) < 4.78 is 0.700. The van der Waals surface area contributed by atoms with Crippen molar-refractivity contribution in [3.8, 4) is 10.6 Å². The zero-order chi connectivity index (χ0) is 10.1. The lowest BCUT2D eigenvalue weighted by Gasteiger charge is -1.97. The summed E-state index contributed by atoms with van der Waals surface area (Å²) in [6.07, 6.45) is 0. The first-order valence-corrected chi connectivity index (χ1v) is 5.56. The number of rotatable bonds is 1. The second-order valence-corrected chi connectivity index (χ2v) is 4.89. The molecule has 0 radical (unpaired) electrons. The van der Waals surface area contributed by atoms with Gasteiger partial charge in [-0.25, -0.2) is 9.97 Å². The van der Waals surface area contributed by atoms with Crippen LogP contribution in [0.15, 0.2) is 18.2 Å². The molecule has 0 aliphatic carbocycles. The molecule has 0 bridgehead atoms. The fraction of sp³-hybridized carbons (Fsp3) is 0. The monoisotopic (exact) mass is 264 g/mol. The van der Waals surface area contributed by atoms with E-state index < -0.39 is 0 Å². The van der Waals surface area contributed by atoms with E-state index in [-0.39, 0.29) is 5.28 Å². The maximum Gasteiger partial charge on any atom is 0.224 e. The molecule has 0 aliphatic heterocycles. The third-order valence-corrected chi connectivity index (χ3v) is 3.11. The lowest BCUT2D eigenvalue weighted by molar-refractivity contribution is 1.18. The summed E-state index contributed by atoms with van der Waals surface area (Å²) in [6.45, 7) is 0. The third kappa shape index (κ3) is 2.17. The molecule has 0 aromatic carbocycles. The van der Waals surface area contributed by atoms with Gasteiger partial charge in [0.25, 0.3) is 0 Å². The van der Waals surface area contributed by atoms with Crippen LogP contribution in [0.5, 0.6) is 0 Å². The molecular formula is C8H3Cl3N2S. The average Bonchev–Trinajstić information content (AvgIpc) is 2.50. The Labute approximate surface area is 99.5 Å². The van der Waals surface area contributed by atoms with E-state index >= 15 is 0 Å². The fourth-order valence-electron chi connectivity index (χ4n) is 0.968. The molecule has 2 rings (SSSR count). The molecule has 0 saturated heterocycles. The highest BCUT2D eigenvalue weighted by atomic mass is 35.5. The van der Waals surface area contributed by atoms with Gasteiger partial charge in [-0.1, -0.05) is 23.2 Å². The van der Waals surface area contributed by atoms with Crippen LogP contribution in [-0.2, 0) is 0 Å². The van der Waals surface area contributed by atoms with Crippen molar-refractivity contribution in [1.82, 2.24) is 9.97 Å². The van der Waals surface area contributed by atoms with E-state index in [4.69, 9.17) is 34.8 Å². The Hall–Kier alpha value is -0.350. The van der Waals surface area contributed by atoms with Crippen molar-refractivity contribution in [2.24, 2.45) is 0 Å². The molecule has 0 spiro atoms. The van der Waals surface area contributed by atoms with Gasteiger partial charge < -0.3 is 0 Å². The molecule has 0 N–H and O–H groups in total. The van der Waals surface area contributed by atoms with E-state index in [2.05, 4.69) is 9.97 Å². The van der Waals surface area contributed by atoms with Crippen molar-refractivity contribution in [2.45, 2.75) is 0 Å². The molecular weight excluding hydrogens is 263 g/mol. The number of hydrogen-bond donors (Lipinski definition) is 0. The van der Waals surface area contributed by atoms with E-state index in [9.17, 15) is 0 Å². The van der Waals surface area contributed by atoms with Crippen molar-refractivity contribution in [2.75, 3.05) is 0 Å². The molecule has 0 atom stereocenters. The second-order valence-electron chi connectivity index (χ2n) is 2.45. The van der Waals surface area contributed by atoms with Crippen LogP contribution in [0.25, 0.3) is 10.6 Å². The molecule has 0 fully saturated rings. The van der Waals surface area contributed by atoms with Crippen molar-refractivity contribution >= 4 is 46.1 Å². The number of aromatic nitrogens is 2. The number of nitrogens with zero attached hydrogens (tertiary/aromatic N) is 2. The van der Waals surface area contributed by atoms with Crippen LogP contribution in [0.1, 0.15) is 0 Å². The van der Waals surface area contributed by atoms with Crippen LogP contribution in [0.3, 0.4) is 0 Å². The zero-order valence-electron chi connectivity index (χ0n) is 6.67. The first kappa shape index (κ1) is 10.2. The Morgan fingerprint density at radius 3 is 2.43 bits per heavy atom. The van der Waals surface area contributed by atoms with Gasteiger partial charge in [0.1, 0.15) is 5.15 Å². The molecule has 2 nitrogen and oxygen atoms in total. The van der Waals surface area contributed by atoms with E-state index in [0.29, 0.717) is 15.2 Å². The molecule has 6 heteroatoms. The quantitative estimate of drug-likeness (QED) is 0.571. The Bertz CT molecular complexity index is 449. The highest BCUT2D eigenvalue weighted by Gasteiger charge is 2.06. The van der Waals surface area contributed by atoms with Crippen LogP contribution in [0.2, 0.25) is 14.8 Å². The highest BCUT2D eigenvalue weighted by molar-refractivity contribution is 7.19. The fourth-order valence-corrected chi connectivity index (χ4v) is 2.38. The van der Waals surface area contributed by atoms with Crippen molar-refractivity contribution in [1.29, 1.82) is 0 Å². The molecule has 2 aromatic rings. The minimum absolute atomic E-state index is 0.136. The topological polar surface area (TPSA) is 25.8 Å². The molecule has 2 heterocycles. The lowest BCUT2D eigenvalue weighted by Crippen LogP contribution is -1.85. The van der Waals surface area contributed by atoms with E-state index in [0.717, 1.165) is 4.88 Å². The summed E-state index contributed by atoms with van der Waals surface area (Å²) >= 11 is 18.6. The summed E-state index contributed by atoms with van der Waals surface area (Å²) in [4.78, 5) is 8.71. The van der Waals surface area contributed by atoms with Gasteiger partial charge in [0.05, 0.1) is 14.9 Å². The van der Waals surface area contributed by atoms with Crippen LogP contribution in [-0.4, -0.2) is 9.97 Å². The molecule has 72 valence electrons. The van der Waals surface area contributed by atoms with Gasteiger partial charge in [-0.2, -0.15) is 0 Å². The van der Waals surface area contributed by atoms with E-state index in [1.807, 2.05) is 6.07 Å². The minimum Gasteiger partial charge on any atom is -0.217 e. The second kappa shape index (κ2) is 4.03. The largest absolute Gasteiger partial charge is 0.224 e. The standard InChI is InChI=1S/C8H3Cl3N2S/c9-6-3-4(12-8(11)13-6)5-1-2-7(10)14-5/h1-3H. The van der Waals surface area contributed by atoms with Crippen LogP contribution < -0.4 is 0 Å². The predicted molar refractivity (Wildman–Crippen MR) is 60.4 cm³/mol. The summed E-state index contributed by atoms with van der Waals surface area (Å²) in [6, 6.07) is 5.31. The van der Waals surface area contributed by atoms with Gasteiger partial charge in [0.15, 0.2) is 0 Å². The number of halogens is 3. The van der Waals surface area contributed by atoms with Gasteiger partial charge in [0, 0.05) is 6.07 Å². The van der Waals surface area contributed by atoms with Gasteiger partial charge in [-0.3, -0.25) is 0 Å². The molecule has 2 aromatic heterocycles. The Morgan fingerprint density at radius 2 is 1.86 bits per heavy atom. The Balaban J connectivity index is 2.51. The zero-order valence-corrected chi connectivity index (χ0v) is 9.75. The molecule has 0 unspecified atom stereocenters.